The number of hydrogen-bond donors (Lipinski definition) is 0. The van der Waals surface area contributed by atoms with Crippen LogP contribution in [0.1, 0.15) is 12.0 Å². The van der Waals surface area contributed by atoms with Gasteiger partial charge in [0.1, 0.15) is 5.82 Å². The first-order chi connectivity index (χ1) is 11.7. The molecule has 24 heavy (non-hydrogen) atoms. The summed E-state index contributed by atoms with van der Waals surface area (Å²) in [5, 5.41) is 0.726. The van der Waals surface area contributed by atoms with Gasteiger partial charge in [-0.2, -0.15) is 0 Å². The Morgan fingerprint density at radius 3 is 2.58 bits per heavy atom. The molecular formula is C19H21ClFNOS. The van der Waals surface area contributed by atoms with E-state index in [0.717, 1.165) is 66.1 Å². The highest BCUT2D eigenvalue weighted by Crippen LogP contribution is 2.32. The topological polar surface area (TPSA) is 12.5 Å². The van der Waals surface area contributed by atoms with E-state index in [0.29, 0.717) is 0 Å². The van der Waals surface area contributed by atoms with E-state index in [1.165, 1.54) is 6.07 Å². The van der Waals surface area contributed by atoms with Gasteiger partial charge in [0.25, 0.3) is 0 Å². The standard InChI is InChI=1S/C19H21ClFNOS/c20-16-3-6-18(7-4-16)24-19-8-5-17(21)14-15(19)2-1-9-22-10-12-23-13-11-22/h3-8,14H,1-2,9-13H2. The summed E-state index contributed by atoms with van der Waals surface area (Å²) in [4.78, 5) is 4.63. The molecule has 0 aromatic heterocycles. The van der Waals surface area contributed by atoms with Crippen molar-refractivity contribution >= 4 is 23.4 Å². The Bertz CT molecular complexity index is 659. The first kappa shape index (κ1) is 17.7. The van der Waals surface area contributed by atoms with Crippen LogP contribution in [0, 0.1) is 5.82 Å². The normalized spacial score (nSPS) is 15.6. The van der Waals surface area contributed by atoms with Crippen molar-refractivity contribution in [2.45, 2.75) is 22.6 Å². The van der Waals surface area contributed by atoms with Crippen LogP contribution in [0.5, 0.6) is 0 Å². The van der Waals surface area contributed by atoms with Gasteiger partial charge in [0, 0.05) is 27.9 Å². The summed E-state index contributed by atoms with van der Waals surface area (Å²) in [5.41, 5.74) is 1.07. The summed E-state index contributed by atoms with van der Waals surface area (Å²) in [7, 11) is 0. The van der Waals surface area contributed by atoms with Crippen LogP contribution >= 0.6 is 23.4 Å². The zero-order valence-corrected chi connectivity index (χ0v) is 15.1. The molecule has 0 bridgehead atoms. The number of rotatable bonds is 6. The van der Waals surface area contributed by atoms with Crippen molar-refractivity contribution in [2.24, 2.45) is 0 Å². The second-order valence-corrected chi connectivity index (χ2v) is 7.42. The van der Waals surface area contributed by atoms with Crippen LogP contribution in [-0.4, -0.2) is 37.7 Å². The highest BCUT2D eigenvalue weighted by atomic mass is 35.5. The van der Waals surface area contributed by atoms with E-state index >= 15 is 0 Å². The van der Waals surface area contributed by atoms with Crippen molar-refractivity contribution in [2.75, 3.05) is 32.8 Å². The van der Waals surface area contributed by atoms with Crippen molar-refractivity contribution in [3.05, 3.63) is 58.9 Å². The third-order valence-corrected chi connectivity index (χ3v) is 5.47. The van der Waals surface area contributed by atoms with E-state index in [4.69, 9.17) is 16.3 Å². The molecule has 3 rings (SSSR count). The molecule has 2 nitrogen and oxygen atoms in total. The van der Waals surface area contributed by atoms with Gasteiger partial charge in [-0.25, -0.2) is 4.39 Å². The highest BCUT2D eigenvalue weighted by Gasteiger charge is 2.11. The number of ether oxygens (including phenoxy) is 1. The highest BCUT2D eigenvalue weighted by molar-refractivity contribution is 7.99. The molecule has 2 aromatic rings. The Kier molecular flexibility index (Phi) is 6.55. The SMILES string of the molecule is Fc1ccc(Sc2ccc(Cl)cc2)c(CCCN2CCOCC2)c1. The van der Waals surface area contributed by atoms with Gasteiger partial charge in [0.05, 0.1) is 13.2 Å². The van der Waals surface area contributed by atoms with Crippen LogP contribution in [0.4, 0.5) is 4.39 Å². The smallest absolute Gasteiger partial charge is 0.123 e. The fraction of sp³-hybridized carbons (Fsp3) is 0.368. The third-order valence-electron chi connectivity index (χ3n) is 4.09. The summed E-state index contributed by atoms with van der Waals surface area (Å²) in [6.07, 6.45) is 1.91. The number of halogens is 2. The Morgan fingerprint density at radius 2 is 1.83 bits per heavy atom. The van der Waals surface area contributed by atoms with E-state index in [1.54, 1.807) is 17.8 Å². The number of benzene rings is 2. The first-order valence-corrected chi connectivity index (χ1v) is 9.42. The van der Waals surface area contributed by atoms with E-state index in [1.807, 2.05) is 30.3 Å². The summed E-state index contributed by atoms with van der Waals surface area (Å²) < 4.78 is 19.0. The predicted octanol–water partition coefficient (Wildman–Crippen LogP) is 4.90. The lowest BCUT2D eigenvalue weighted by molar-refractivity contribution is 0.0374. The molecule has 1 fully saturated rings. The quantitative estimate of drug-likeness (QED) is 0.722. The minimum Gasteiger partial charge on any atom is -0.379 e. The molecular weight excluding hydrogens is 345 g/mol. The van der Waals surface area contributed by atoms with Gasteiger partial charge < -0.3 is 4.74 Å². The molecule has 1 aliphatic rings. The molecule has 0 unspecified atom stereocenters. The van der Waals surface area contributed by atoms with Gasteiger partial charge >= 0.3 is 0 Å². The summed E-state index contributed by atoms with van der Waals surface area (Å²) in [5.74, 6) is -0.170. The zero-order valence-electron chi connectivity index (χ0n) is 13.5. The van der Waals surface area contributed by atoms with Crippen molar-refractivity contribution in [1.82, 2.24) is 4.90 Å². The maximum absolute atomic E-state index is 13.7. The summed E-state index contributed by atoms with van der Waals surface area (Å²) >= 11 is 7.60. The molecule has 0 aliphatic carbocycles. The third kappa shape index (κ3) is 5.21. The molecule has 5 heteroatoms. The Morgan fingerprint density at radius 1 is 1.08 bits per heavy atom. The average Bonchev–Trinajstić information content (AvgIpc) is 2.60. The van der Waals surface area contributed by atoms with Gasteiger partial charge in [-0.05, 0) is 67.4 Å². The molecule has 2 aromatic carbocycles. The van der Waals surface area contributed by atoms with Crippen LogP contribution in [-0.2, 0) is 11.2 Å². The van der Waals surface area contributed by atoms with Gasteiger partial charge in [0.15, 0.2) is 0 Å². The zero-order chi connectivity index (χ0) is 16.8. The van der Waals surface area contributed by atoms with Gasteiger partial charge in [-0.15, -0.1) is 0 Å². The second-order valence-electron chi connectivity index (χ2n) is 5.87. The van der Waals surface area contributed by atoms with Crippen molar-refractivity contribution < 1.29 is 9.13 Å². The molecule has 0 saturated carbocycles. The Labute approximate surface area is 152 Å². The van der Waals surface area contributed by atoms with Crippen molar-refractivity contribution in [3.8, 4) is 0 Å². The van der Waals surface area contributed by atoms with Crippen molar-refractivity contribution in [1.29, 1.82) is 0 Å². The van der Waals surface area contributed by atoms with Crippen LogP contribution < -0.4 is 0 Å². The first-order valence-electron chi connectivity index (χ1n) is 8.23. The maximum atomic E-state index is 13.7. The fourth-order valence-corrected chi connectivity index (χ4v) is 3.87. The molecule has 0 spiro atoms. The lowest BCUT2D eigenvalue weighted by Crippen LogP contribution is -2.36. The summed E-state index contributed by atoms with van der Waals surface area (Å²) in [6, 6.07) is 12.8. The number of nitrogens with zero attached hydrogens (tertiary/aromatic N) is 1. The summed E-state index contributed by atoms with van der Waals surface area (Å²) in [6.45, 7) is 4.66. The van der Waals surface area contributed by atoms with Gasteiger partial charge in [-0.3, -0.25) is 4.90 Å². The number of morpholine rings is 1. The molecule has 128 valence electrons. The molecule has 1 aliphatic heterocycles. The molecule has 1 saturated heterocycles. The van der Waals surface area contributed by atoms with Crippen LogP contribution in [0.15, 0.2) is 52.3 Å². The lowest BCUT2D eigenvalue weighted by atomic mass is 10.1. The number of aryl methyl sites for hydroxylation is 1. The number of hydrogen-bond acceptors (Lipinski definition) is 3. The minimum atomic E-state index is -0.170. The average molecular weight is 366 g/mol. The Balaban J connectivity index is 1.62. The Hall–Kier alpha value is -1.07. The fourth-order valence-electron chi connectivity index (χ4n) is 2.79. The van der Waals surface area contributed by atoms with Crippen LogP contribution in [0.25, 0.3) is 0 Å². The second kappa shape index (κ2) is 8.86. The molecule has 1 heterocycles. The van der Waals surface area contributed by atoms with E-state index < -0.39 is 0 Å². The predicted molar refractivity (Wildman–Crippen MR) is 97.6 cm³/mol. The van der Waals surface area contributed by atoms with Gasteiger partial charge in [0.2, 0.25) is 0 Å². The van der Waals surface area contributed by atoms with Gasteiger partial charge in [-0.1, -0.05) is 23.4 Å². The van der Waals surface area contributed by atoms with E-state index in [2.05, 4.69) is 4.90 Å². The van der Waals surface area contributed by atoms with Crippen molar-refractivity contribution in [3.63, 3.8) is 0 Å². The van der Waals surface area contributed by atoms with E-state index in [-0.39, 0.29) is 5.82 Å². The lowest BCUT2D eigenvalue weighted by Gasteiger charge is -2.26. The van der Waals surface area contributed by atoms with E-state index in [9.17, 15) is 4.39 Å². The largest absolute Gasteiger partial charge is 0.379 e. The minimum absolute atomic E-state index is 0.170. The van der Waals surface area contributed by atoms with Crippen LogP contribution in [0.3, 0.4) is 0 Å². The molecule has 0 atom stereocenters. The monoisotopic (exact) mass is 365 g/mol. The molecule has 0 N–H and O–H groups in total. The molecule has 0 amide bonds. The maximum Gasteiger partial charge on any atom is 0.123 e. The van der Waals surface area contributed by atoms with Crippen LogP contribution in [0.2, 0.25) is 5.02 Å². The molecule has 0 radical (unpaired) electrons.